The molecule has 6 aromatic carbocycles. The Bertz CT molecular complexity index is 4710. The third kappa shape index (κ3) is 12.2. The van der Waals surface area contributed by atoms with Crippen molar-refractivity contribution in [1.29, 1.82) is 0 Å². The molecule has 90 heavy (non-hydrogen) atoms. The minimum atomic E-state index is -0.962. The Labute approximate surface area is 505 Å². The number of methoxy groups -OCH3 is 2. The number of amides is 2. The van der Waals surface area contributed by atoms with Gasteiger partial charge in [-0.1, -0.05) is 0 Å². The zero-order valence-electron chi connectivity index (χ0n) is 48.0. The second kappa shape index (κ2) is 25.8. The number of carbonyl (C=O) groups is 2. The van der Waals surface area contributed by atoms with E-state index in [2.05, 4.69) is 20.6 Å². The van der Waals surface area contributed by atoms with Crippen molar-refractivity contribution in [2.75, 3.05) is 64.5 Å². The number of nitrogens with one attached hydrogen (secondary N) is 2. The van der Waals surface area contributed by atoms with Gasteiger partial charge >= 0.3 is 11.4 Å². The Hall–Kier alpha value is -11.5. The van der Waals surface area contributed by atoms with Crippen LogP contribution in [0.4, 0.5) is 28.9 Å². The van der Waals surface area contributed by atoms with E-state index >= 15 is 8.78 Å². The van der Waals surface area contributed by atoms with Crippen molar-refractivity contribution in [3.05, 3.63) is 210 Å². The van der Waals surface area contributed by atoms with E-state index in [9.17, 15) is 37.5 Å². The topological polar surface area (TPSA) is 255 Å². The minimum Gasteiger partial charge on any atom is -0.493 e. The van der Waals surface area contributed by atoms with Gasteiger partial charge in [-0.15, -0.1) is 0 Å². The molecular weight excluding hydrogens is 1180 g/mol. The average molecular weight is 1240 g/mol. The number of rotatable bonds is 16. The van der Waals surface area contributed by atoms with E-state index in [-0.39, 0.29) is 54.0 Å². The zero-order valence-corrected chi connectivity index (χ0v) is 48.0. The number of carbonyl (C=O) groups excluding carboxylic acids is 2. The summed E-state index contributed by atoms with van der Waals surface area (Å²) in [7, 11) is 4.41. The van der Waals surface area contributed by atoms with Gasteiger partial charge in [0.1, 0.15) is 90.4 Å². The predicted octanol–water partition coefficient (Wildman–Crippen LogP) is 8.87. The maximum Gasteiger partial charge on any atom is 0.335 e. The average Bonchev–Trinajstić information content (AvgIpc) is 1.30. The van der Waals surface area contributed by atoms with Gasteiger partial charge in [0.2, 0.25) is 11.5 Å². The Morgan fingerprint density at radius 3 is 1.47 bits per heavy atom. The molecule has 4 aromatic heterocycles. The summed E-state index contributed by atoms with van der Waals surface area (Å²) >= 11 is 0. The first kappa shape index (κ1) is 60.2. The fraction of sp³-hybridized carbons (Fsp3) is 0.175. The molecule has 12 rings (SSSR count). The van der Waals surface area contributed by atoms with Crippen molar-refractivity contribution in [3.8, 4) is 68.9 Å². The molecule has 0 saturated heterocycles. The Morgan fingerprint density at radius 2 is 1.00 bits per heavy atom. The maximum atomic E-state index is 15.3. The first-order valence-electron chi connectivity index (χ1n) is 27.4. The van der Waals surface area contributed by atoms with Crippen molar-refractivity contribution in [1.82, 2.24) is 28.2 Å². The first-order valence-corrected chi connectivity index (χ1v) is 27.4. The minimum absolute atomic E-state index is 0.0611. The molecule has 10 aromatic rings. The Balaban J connectivity index is 0.000000185. The number of halogens is 4. The second-order valence-corrected chi connectivity index (χ2v) is 19.6. The van der Waals surface area contributed by atoms with Crippen LogP contribution < -0.4 is 71.0 Å². The smallest absolute Gasteiger partial charge is 0.335 e. The summed E-state index contributed by atoms with van der Waals surface area (Å²) in [5.41, 5.74) is -3.57. The van der Waals surface area contributed by atoms with E-state index in [1.54, 1.807) is 38.3 Å². The highest BCUT2D eigenvalue weighted by Crippen LogP contribution is 2.50. The number of aryl methyl sites for hydroxylation is 2. The predicted molar refractivity (Wildman–Crippen MR) is 317 cm³/mol. The normalized spacial score (nSPS) is 12.2. The number of pyridine rings is 2. The molecule has 0 spiro atoms. The summed E-state index contributed by atoms with van der Waals surface area (Å²) in [6.07, 6.45) is 5.19. The van der Waals surface area contributed by atoms with E-state index < -0.39 is 68.7 Å². The summed E-state index contributed by atoms with van der Waals surface area (Å²) in [5, 5.41) is 5.74. The molecule has 27 heteroatoms. The van der Waals surface area contributed by atoms with Crippen LogP contribution in [-0.2, 0) is 18.3 Å². The number of hydrogen-bond acceptors (Lipinski definition) is 17. The molecule has 2 aliphatic rings. The molecule has 0 aliphatic carbocycles. The monoisotopic (exact) mass is 1230 g/mol. The van der Waals surface area contributed by atoms with Crippen molar-refractivity contribution in [3.63, 3.8) is 0 Å². The molecule has 0 fully saturated rings. The van der Waals surface area contributed by atoms with Crippen LogP contribution in [0, 0.1) is 23.3 Å². The fourth-order valence-corrected chi connectivity index (χ4v) is 9.61. The quantitative estimate of drug-likeness (QED) is 0.0676. The molecule has 23 nitrogen and oxygen atoms in total. The number of benzene rings is 6. The van der Waals surface area contributed by atoms with E-state index in [0.717, 1.165) is 67.1 Å². The summed E-state index contributed by atoms with van der Waals surface area (Å²) in [6.45, 7) is 3.67. The maximum absolute atomic E-state index is 15.3. The highest BCUT2D eigenvalue weighted by Gasteiger charge is 2.28. The molecule has 0 bridgehead atoms. The van der Waals surface area contributed by atoms with Crippen molar-refractivity contribution >= 4 is 45.0 Å². The lowest BCUT2D eigenvalue weighted by molar-refractivity contribution is 0.101. The molecule has 0 saturated carbocycles. The second-order valence-electron chi connectivity index (χ2n) is 19.6. The van der Waals surface area contributed by atoms with Gasteiger partial charge in [0.25, 0.3) is 22.9 Å². The van der Waals surface area contributed by atoms with Crippen LogP contribution in [0.5, 0.6) is 57.5 Å². The van der Waals surface area contributed by atoms with E-state index in [0.29, 0.717) is 94.2 Å². The molecular formula is C63H50F4N8O15. The van der Waals surface area contributed by atoms with Crippen LogP contribution in [-0.4, -0.2) is 93.9 Å². The number of ether oxygens (including phenoxy) is 9. The molecule has 2 aliphatic heterocycles. The van der Waals surface area contributed by atoms with Crippen molar-refractivity contribution in [2.45, 2.75) is 13.5 Å². The van der Waals surface area contributed by atoms with Gasteiger partial charge in [0, 0.05) is 69.8 Å². The molecule has 460 valence electrons. The molecule has 2 N–H and O–H groups in total. The molecule has 0 unspecified atom stereocenters. The standard InChI is InChI=1S/C32H26F2N4O8.C31H24F2N4O7/c1-37-17-21(31(40)38(32(37)41)19-5-3-18(33)4-6-19)30(39)36-23-8-7-20(15-22(23)34)46-25-9-10-35-24-16-26(43-12-11-42-2)28-29(27(24)25)45-14-13-44-28;1-3-36-16-20(30(39)37(31(36)40)18-6-4-17(32)5-7-18)29(38)35-22-9-8-19(14-21(22)33)44-24-10-11-34-23-15-25(41-2)27-28(26(23)24)43-13-12-42-27/h3-10,15-17H,11-14H2,1-2H3,(H,36,39);4-11,14-16H,3,12-13H2,1-2H3,(H,35,38). The first-order chi connectivity index (χ1) is 43.5. The van der Waals surface area contributed by atoms with Gasteiger partial charge in [-0.05, 0) is 91.9 Å². The lowest BCUT2D eigenvalue weighted by Crippen LogP contribution is -2.42. The van der Waals surface area contributed by atoms with Crippen molar-refractivity contribution < 1.29 is 69.8 Å². The SMILES string of the molecule is CCn1cc(C(=O)Nc2ccc(Oc3ccnc4cc(OC)c5c(c34)OCCO5)cc2F)c(=O)n(-c2ccc(F)cc2)c1=O.COCCOc1cc2nccc(Oc3ccc(NC(=O)c4cn(C)c(=O)n(-c5ccc(F)cc5)c4=O)c(F)c3)c2c2c1OCCO2. The van der Waals surface area contributed by atoms with Crippen LogP contribution >= 0.6 is 0 Å². The van der Waals surface area contributed by atoms with Gasteiger partial charge in [-0.3, -0.25) is 33.7 Å². The van der Waals surface area contributed by atoms with Crippen LogP contribution in [0.2, 0.25) is 0 Å². The fourth-order valence-electron chi connectivity index (χ4n) is 9.61. The lowest BCUT2D eigenvalue weighted by Gasteiger charge is -2.23. The summed E-state index contributed by atoms with van der Waals surface area (Å²) < 4.78 is 113. The van der Waals surface area contributed by atoms with Gasteiger partial charge in [0.15, 0.2) is 23.0 Å². The van der Waals surface area contributed by atoms with Crippen molar-refractivity contribution in [2.24, 2.45) is 7.05 Å². The number of fused-ring (bicyclic) bond motifs is 6. The van der Waals surface area contributed by atoms with E-state index in [4.69, 9.17) is 42.6 Å². The summed E-state index contributed by atoms with van der Waals surface area (Å²) in [4.78, 5) is 87.0. The van der Waals surface area contributed by atoms with Crippen LogP contribution in [0.25, 0.3) is 33.2 Å². The molecule has 0 radical (unpaired) electrons. The Kier molecular flexibility index (Phi) is 17.3. The van der Waals surface area contributed by atoms with Gasteiger partial charge in [-0.2, -0.15) is 0 Å². The molecule has 2 amide bonds. The number of nitrogens with zero attached hydrogens (tertiary/aromatic N) is 6. The van der Waals surface area contributed by atoms with E-state index in [1.165, 1.54) is 75.1 Å². The third-order valence-electron chi connectivity index (χ3n) is 13.9. The molecule has 6 heterocycles. The van der Waals surface area contributed by atoms with E-state index in [1.807, 2.05) is 0 Å². The summed E-state index contributed by atoms with van der Waals surface area (Å²) in [5.74, 6) is -1.51. The number of hydrogen-bond donors (Lipinski definition) is 2. The lowest BCUT2D eigenvalue weighted by atomic mass is 10.1. The zero-order chi connectivity index (χ0) is 63.3. The largest absolute Gasteiger partial charge is 0.493 e. The number of aromatic nitrogens is 6. The van der Waals surface area contributed by atoms with Gasteiger partial charge < -0.3 is 57.8 Å². The third-order valence-corrected chi connectivity index (χ3v) is 13.9. The highest BCUT2D eigenvalue weighted by molar-refractivity contribution is 6.05. The summed E-state index contributed by atoms with van der Waals surface area (Å²) in [6, 6.07) is 23.4. The van der Waals surface area contributed by atoms with Gasteiger partial charge in [-0.25, -0.2) is 36.3 Å². The highest BCUT2D eigenvalue weighted by atomic mass is 19.1. The van der Waals surface area contributed by atoms with Gasteiger partial charge in [0.05, 0.1) is 58.3 Å². The number of anilines is 2. The Morgan fingerprint density at radius 1 is 0.544 bits per heavy atom. The molecule has 0 atom stereocenters. The van der Waals surface area contributed by atoms with Crippen LogP contribution in [0.1, 0.15) is 27.6 Å². The van der Waals surface area contributed by atoms with Crippen LogP contribution in [0.3, 0.4) is 0 Å². The van der Waals surface area contributed by atoms with Crippen LogP contribution in [0.15, 0.2) is 153 Å².